The van der Waals surface area contributed by atoms with Gasteiger partial charge in [0.05, 0.1) is 0 Å². The van der Waals surface area contributed by atoms with Gasteiger partial charge in [-0.3, -0.25) is 0 Å². The third kappa shape index (κ3) is 5.71. The van der Waals surface area contributed by atoms with Gasteiger partial charge in [0.2, 0.25) is 0 Å². The molecule has 3 fully saturated rings. The minimum atomic E-state index is -0.593. The van der Waals surface area contributed by atoms with Crippen molar-refractivity contribution >= 4 is 5.97 Å². The van der Waals surface area contributed by atoms with Crippen molar-refractivity contribution in [2.24, 2.45) is 46.3 Å². The van der Waals surface area contributed by atoms with Crippen LogP contribution in [0.25, 0.3) is 0 Å². The Labute approximate surface area is 238 Å². The highest BCUT2D eigenvalue weighted by molar-refractivity contribution is 5.74. The van der Waals surface area contributed by atoms with Gasteiger partial charge >= 0.3 is 5.97 Å². The van der Waals surface area contributed by atoms with E-state index in [1.54, 1.807) is 12.5 Å². The molecule has 0 amide bonds. The molecular weight excluding hydrogens is 480 g/mol. The lowest BCUT2D eigenvalue weighted by Crippen LogP contribution is -2.51. The molecule has 4 aliphatic carbocycles. The number of hydrogen-bond donors (Lipinski definition) is 0. The lowest BCUT2D eigenvalue weighted by molar-refractivity contribution is -0.159. The molecule has 0 radical (unpaired) electrons. The maximum Gasteiger partial charge on any atom is 0.347 e. The van der Waals surface area contributed by atoms with Crippen molar-refractivity contribution in [2.45, 2.75) is 124 Å². The van der Waals surface area contributed by atoms with E-state index >= 15 is 0 Å². The van der Waals surface area contributed by atoms with E-state index < -0.39 is 6.10 Å². The highest BCUT2D eigenvalue weighted by Gasteiger charge is 2.59. The largest absolute Gasteiger partial charge is 0.479 e. The number of fused-ring (bicyclic) bond motifs is 5. The Hall–Kier alpha value is -1.77. The summed E-state index contributed by atoms with van der Waals surface area (Å²) in [5, 5.41) is 0. The first kappa shape index (κ1) is 28.7. The third-order valence-corrected chi connectivity index (χ3v) is 11.9. The molecule has 3 saturated carbocycles. The van der Waals surface area contributed by atoms with E-state index in [9.17, 15) is 4.79 Å². The van der Waals surface area contributed by atoms with Crippen molar-refractivity contribution < 1.29 is 14.3 Å². The van der Waals surface area contributed by atoms with Gasteiger partial charge in [0.15, 0.2) is 6.10 Å². The van der Waals surface area contributed by atoms with Crippen LogP contribution < -0.4 is 4.74 Å². The Balaban J connectivity index is 1.21. The molecule has 3 nitrogen and oxygen atoms in total. The predicted molar refractivity (Wildman–Crippen MR) is 159 cm³/mol. The topological polar surface area (TPSA) is 35.5 Å². The van der Waals surface area contributed by atoms with Gasteiger partial charge < -0.3 is 9.47 Å². The summed E-state index contributed by atoms with van der Waals surface area (Å²) in [6.07, 6.45) is 16.1. The summed E-state index contributed by atoms with van der Waals surface area (Å²) < 4.78 is 11.9. The summed E-state index contributed by atoms with van der Waals surface area (Å²) in [5.74, 6) is 5.58. The average molecular weight is 535 g/mol. The molecule has 0 aromatic heterocycles. The molecule has 1 aromatic rings. The quantitative estimate of drug-likeness (QED) is 0.234. The van der Waals surface area contributed by atoms with Gasteiger partial charge in [-0.1, -0.05) is 83.7 Å². The second-order valence-corrected chi connectivity index (χ2v) is 14.7. The zero-order chi connectivity index (χ0) is 27.8. The first-order chi connectivity index (χ1) is 18.6. The van der Waals surface area contributed by atoms with Crippen LogP contribution in [0.1, 0.15) is 112 Å². The molecular formula is C36H54O3. The van der Waals surface area contributed by atoms with E-state index in [2.05, 4.69) is 40.7 Å². The molecule has 0 spiro atoms. The molecule has 5 rings (SSSR count). The molecule has 0 saturated heterocycles. The highest BCUT2D eigenvalue weighted by Crippen LogP contribution is 2.67. The van der Waals surface area contributed by atoms with Gasteiger partial charge in [-0.25, -0.2) is 4.79 Å². The summed E-state index contributed by atoms with van der Waals surface area (Å²) in [6.45, 7) is 14.3. The van der Waals surface area contributed by atoms with E-state index in [1.807, 2.05) is 30.3 Å². The number of para-hydroxylation sites is 1. The number of carbonyl (C=O) groups is 1. The fourth-order valence-electron chi connectivity index (χ4n) is 9.76. The van der Waals surface area contributed by atoms with Crippen LogP contribution >= 0.6 is 0 Å². The van der Waals surface area contributed by atoms with Gasteiger partial charge in [-0.05, 0) is 110 Å². The second-order valence-electron chi connectivity index (χ2n) is 14.7. The van der Waals surface area contributed by atoms with Gasteiger partial charge in [0.25, 0.3) is 0 Å². The van der Waals surface area contributed by atoms with Crippen LogP contribution in [0.15, 0.2) is 42.0 Å². The SMILES string of the molecule is CC(C)CCC[C@@H](C)[C@@H]1CC[C@@H]2[C@H]3CC=C4C[C@@H](OC(=O)[C@@H](C)Oc5ccccc5)CC[C@]4(C)[C@@H]3CC[C@@]21C. The minimum Gasteiger partial charge on any atom is -0.479 e. The molecule has 216 valence electrons. The summed E-state index contributed by atoms with van der Waals surface area (Å²) in [7, 11) is 0. The lowest BCUT2D eigenvalue weighted by Gasteiger charge is -2.58. The molecule has 39 heavy (non-hydrogen) atoms. The summed E-state index contributed by atoms with van der Waals surface area (Å²) in [5.41, 5.74) is 2.38. The fraction of sp³-hybridized carbons (Fsp3) is 0.750. The number of hydrogen-bond acceptors (Lipinski definition) is 3. The summed E-state index contributed by atoms with van der Waals surface area (Å²) in [6, 6.07) is 9.56. The van der Waals surface area contributed by atoms with Crippen molar-refractivity contribution in [1.82, 2.24) is 0 Å². The van der Waals surface area contributed by atoms with E-state index in [-0.39, 0.29) is 17.5 Å². The van der Waals surface area contributed by atoms with Crippen molar-refractivity contribution in [1.29, 1.82) is 0 Å². The zero-order valence-corrected chi connectivity index (χ0v) is 25.6. The molecule has 0 heterocycles. The number of allylic oxidation sites excluding steroid dienone is 1. The first-order valence-electron chi connectivity index (χ1n) is 16.2. The maximum atomic E-state index is 12.9. The smallest absolute Gasteiger partial charge is 0.347 e. The minimum absolute atomic E-state index is 0.0217. The van der Waals surface area contributed by atoms with E-state index in [0.29, 0.717) is 11.2 Å². The van der Waals surface area contributed by atoms with E-state index in [0.717, 1.165) is 54.8 Å². The van der Waals surface area contributed by atoms with Crippen molar-refractivity contribution in [3.63, 3.8) is 0 Å². The van der Waals surface area contributed by atoms with Crippen molar-refractivity contribution in [3.8, 4) is 5.75 Å². The summed E-state index contributed by atoms with van der Waals surface area (Å²) in [4.78, 5) is 12.9. The molecule has 3 heteroatoms. The number of rotatable bonds is 9. The Morgan fingerprint density at radius 1 is 0.949 bits per heavy atom. The zero-order valence-electron chi connectivity index (χ0n) is 25.6. The van der Waals surface area contributed by atoms with Gasteiger partial charge in [-0.2, -0.15) is 0 Å². The van der Waals surface area contributed by atoms with Crippen LogP contribution in [-0.2, 0) is 9.53 Å². The third-order valence-electron chi connectivity index (χ3n) is 11.9. The van der Waals surface area contributed by atoms with Crippen molar-refractivity contribution in [3.05, 3.63) is 42.0 Å². The average Bonchev–Trinajstić information content (AvgIpc) is 3.26. The van der Waals surface area contributed by atoms with Crippen molar-refractivity contribution in [2.75, 3.05) is 0 Å². The van der Waals surface area contributed by atoms with Crippen LogP contribution in [-0.4, -0.2) is 18.2 Å². The molecule has 9 atom stereocenters. The maximum absolute atomic E-state index is 12.9. The Morgan fingerprint density at radius 3 is 2.46 bits per heavy atom. The Bertz CT molecular complexity index is 1010. The van der Waals surface area contributed by atoms with Gasteiger partial charge in [0.1, 0.15) is 11.9 Å². The molecule has 0 N–H and O–H groups in total. The van der Waals surface area contributed by atoms with Gasteiger partial charge in [-0.15, -0.1) is 0 Å². The lowest BCUT2D eigenvalue weighted by atomic mass is 9.47. The molecule has 0 aliphatic heterocycles. The standard InChI is InChI=1S/C36H54O3/c1-24(2)11-10-12-25(3)31-17-18-32-30-16-15-27-23-29(19-21-35(27,5)33(30)20-22-36(31,32)6)39-34(37)26(4)38-28-13-8-7-9-14-28/h7-9,13-15,24-26,29-33H,10-12,16-23H2,1-6H3/t25-,26-,29+,30-,31+,32-,33-,35+,36-/m1/s1. The van der Waals surface area contributed by atoms with Crippen LogP contribution in [0.2, 0.25) is 0 Å². The van der Waals surface area contributed by atoms with E-state index in [4.69, 9.17) is 9.47 Å². The van der Waals surface area contributed by atoms with Crippen LogP contribution in [0.5, 0.6) is 5.75 Å². The molecule has 4 aliphatic rings. The van der Waals surface area contributed by atoms with Crippen LogP contribution in [0, 0.1) is 46.3 Å². The van der Waals surface area contributed by atoms with Crippen LogP contribution in [0.3, 0.4) is 0 Å². The fourth-order valence-corrected chi connectivity index (χ4v) is 9.76. The normalized spacial score (nSPS) is 37.2. The Kier molecular flexibility index (Phi) is 8.56. The predicted octanol–water partition coefficient (Wildman–Crippen LogP) is 9.41. The van der Waals surface area contributed by atoms with Crippen LogP contribution in [0.4, 0.5) is 0 Å². The molecule has 0 unspecified atom stereocenters. The highest BCUT2D eigenvalue weighted by atomic mass is 16.6. The number of benzene rings is 1. The second kappa shape index (κ2) is 11.6. The van der Waals surface area contributed by atoms with Gasteiger partial charge in [0, 0.05) is 6.42 Å². The summed E-state index contributed by atoms with van der Waals surface area (Å²) >= 11 is 0. The molecule has 0 bridgehead atoms. The number of ether oxygens (including phenoxy) is 2. The first-order valence-corrected chi connectivity index (χ1v) is 16.2. The monoisotopic (exact) mass is 534 g/mol. The number of esters is 1. The van der Waals surface area contributed by atoms with E-state index in [1.165, 1.54) is 51.4 Å². The Morgan fingerprint density at radius 2 is 1.72 bits per heavy atom. The molecule has 1 aromatic carbocycles. The number of carbonyl (C=O) groups excluding carboxylic acids is 1.